The van der Waals surface area contributed by atoms with Crippen LogP contribution in [0.3, 0.4) is 0 Å². The Labute approximate surface area is 149 Å². The van der Waals surface area contributed by atoms with Crippen molar-refractivity contribution in [3.05, 3.63) is 21.3 Å². The summed E-state index contributed by atoms with van der Waals surface area (Å²) in [6.07, 6.45) is 2.85. The van der Waals surface area contributed by atoms with Crippen LogP contribution in [0.2, 0.25) is 4.34 Å². The molecular formula is C17H30ClN3OS. The van der Waals surface area contributed by atoms with Crippen LogP contribution in [0, 0.1) is 5.41 Å². The van der Waals surface area contributed by atoms with Gasteiger partial charge in [-0.3, -0.25) is 4.99 Å². The molecule has 0 aromatic carbocycles. The smallest absolute Gasteiger partial charge is 0.194 e. The van der Waals surface area contributed by atoms with E-state index >= 15 is 0 Å². The molecule has 0 radical (unpaired) electrons. The first-order valence-corrected chi connectivity index (χ1v) is 9.54. The van der Waals surface area contributed by atoms with Gasteiger partial charge in [-0.25, -0.2) is 0 Å². The zero-order valence-electron chi connectivity index (χ0n) is 14.7. The average Bonchev–Trinajstić information content (AvgIpc) is 2.95. The first-order chi connectivity index (χ1) is 11.0. The number of aliphatic hydroxyl groups excluding tert-OH is 1. The normalized spacial score (nSPS) is 12.5. The summed E-state index contributed by atoms with van der Waals surface area (Å²) in [5.41, 5.74) is 0.0858. The SMILES string of the molecule is CCNC(=NCC(CC)(CC)CCO)N(C)Cc1ccc(Cl)s1. The van der Waals surface area contributed by atoms with E-state index in [1.165, 1.54) is 4.88 Å². The van der Waals surface area contributed by atoms with Crippen LogP contribution in [-0.2, 0) is 6.54 Å². The van der Waals surface area contributed by atoms with Crippen molar-refractivity contribution in [2.24, 2.45) is 10.4 Å². The molecule has 0 saturated heterocycles. The van der Waals surface area contributed by atoms with Gasteiger partial charge in [0, 0.05) is 31.6 Å². The highest BCUT2D eigenvalue weighted by atomic mass is 35.5. The predicted molar refractivity (Wildman–Crippen MR) is 101 cm³/mol. The minimum Gasteiger partial charge on any atom is -0.396 e. The highest BCUT2D eigenvalue weighted by Crippen LogP contribution is 2.30. The summed E-state index contributed by atoms with van der Waals surface area (Å²) in [4.78, 5) is 8.19. The molecule has 1 heterocycles. The number of nitrogens with one attached hydrogen (secondary N) is 1. The minimum absolute atomic E-state index is 0.0858. The van der Waals surface area contributed by atoms with Gasteiger partial charge < -0.3 is 15.3 Å². The summed E-state index contributed by atoms with van der Waals surface area (Å²) in [5.74, 6) is 0.904. The van der Waals surface area contributed by atoms with Crippen LogP contribution in [-0.4, -0.2) is 42.7 Å². The van der Waals surface area contributed by atoms with Crippen molar-refractivity contribution in [2.75, 3.05) is 26.7 Å². The first-order valence-electron chi connectivity index (χ1n) is 8.34. The second-order valence-electron chi connectivity index (χ2n) is 5.91. The molecule has 0 aliphatic carbocycles. The second kappa shape index (κ2) is 10.2. The van der Waals surface area contributed by atoms with E-state index < -0.39 is 0 Å². The second-order valence-corrected chi connectivity index (χ2v) is 7.71. The van der Waals surface area contributed by atoms with Crippen LogP contribution in [0.4, 0.5) is 0 Å². The molecule has 4 nitrogen and oxygen atoms in total. The van der Waals surface area contributed by atoms with Crippen LogP contribution in [0.1, 0.15) is 44.9 Å². The Morgan fingerprint density at radius 3 is 2.52 bits per heavy atom. The highest BCUT2D eigenvalue weighted by Gasteiger charge is 2.25. The number of halogens is 1. The molecule has 0 amide bonds. The number of hydrogen-bond acceptors (Lipinski definition) is 3. The number of guanidine groups is 1. The Morgan fingerprint density at radius 1 is 1.35 bits per heavy atom. The van der Waals surface area contributed by atoms with Crippen molar-refractivity contribution in [3.8, 4) is 0 Å². The maximum absolute atomic E-state index is 9.35. The van der Waals surface area contributed by atoms with Crippen molar-refractivity contribution >= 4 is 28.9 Å². The number of rotatable bonds is 9. The molecule has 0 aliphatic heterocycles. The van der Waals surface area contributed by atoms with Crippen molar-refractivity contribution < 1.29 is 5.11 Å². The zero-order chi connectivity index (χ0) is 17.3. The Hall–Kier alpha value is -0.780. The summed E-state index contributed by atoms with van der Waals surface area (Å²) in [7, 11) is 2.04. The maximum Gasteiger partial charge on any atom is 0.194 e. The van der Waals surface area contributed by atoms with Crippen molar-refractivity contribution in [1.29, 1.82) is 0 Å². The van der Waals surface area contributed by atoms with Gasteiger partial charge in [0.05, 0.1) is 10.9 Å². The van der Waals surface area contributed by atoms with E-state index in [0.717, 1.165) is 49.2 Å². The Bertz CT molecular complexity index is 486. The standard InChI is InChI=1S/C17H30ClN3OS/c1-5-17(6-2,10-11-22)13-20-16(19-7-3)21(4)12-14-8-9-15(18)23-14/h8-9,22H,5-7,10-13H2,1-4H3,(H,19,20). The lowest BCUT2D eigenvalue weighted by Crippen LogP contribution is -2.39. The number of aliphatic hydroxyl groups is 1. The van der Waals surface area contributed by atoms with E-state index in [9.17, 15) is 5.11 Å². The monoisotopic (exact) mass is 359 g/mol. The van der Waals surface area contributed by atoms with E-state index in [0.29, 0.717) is 0 Å². The van der Waals surface area contributed by atoms with Gasteiger partial charge in [-0.1, -0.05) is 25.4 Å². The molecule has 1 rings (SSSR count). The fourth-order valence-electron chi connectivity index (χ4n) is 2.60. The van der Waals surface area contributed by atoms with Crippen LogP contribution in [0.5, 0.6) is 0 Å². The van der Waals surface area contributed by atoms with Crippen LogP contribution >= 0.6 is 22.9 Å². The molecule has 23 heavy (non-hydrogen) atoms. The Morgan fingerprint density at radius 2 is 2.04 bits per heavy atom. The van der Waals surface area contributed by atoms with Crippen molar-refractivity contribution in [1.82, 2.24) is 10.2 Å². The molecule has 0 spiro atoms. The third-order valence-corrected chi connectivity index (χ3v) is 5.64. The molecule has 2 N–H and O–H groups in total. The number of aliphatic imine (C=N–C) groups is 1. The molecule has 0 bridgehead atoms. The molecule has 0 aliphatic rings. The van der Waals surface area contributed by atoms with Gasteiger partial charge in [0.2, 0.25) is 0 Å². The van der Waals surface area contributed by atoms with Crippen LogP contribution in [0.25, 0.3) is 0 Å². The topological polar surface area (TPSA) is 47.9 Å². The summed E-state index contributed by atoms with van der Waals surface area (Å²) < 4.78 is 0.814. The summed E-state index contributed by atoms with van der Waals surface area (Å²) in [6.45, 7) is 9.01. The zero-order valence-corrected chi connectivity index (χ0v) is 16.3. The molecule has 6 heteroatoms. The maximum atomic E-state index is 9.35. The van der Waals surface area contributed by atoms with E-state index in [2.05, 4.69) is 37.1 Å². The molecular weight excluding hydrogens is 330 g/mol. The largest absolute Gasteiger partial charge is 0.396 e. The molecule has 0 unspecified atom stereocenters. The molecule has 132 valence electrons. The van der Waals surface area contributed by atoms with Gasteiger partial charge in [-0.2, -0.15) is 0 Å². The third kappa shape index (κ3) is 6.32. The van der Waals surface area contributed by atoms with E-state index in [1.54, 1.807) is 11.3 Å². The minimum atomic E-state index is 0.0858. The Kier molecular flexibility index (Phi) is 8.95. The quantitative estimate of drug-likeness (QED) is 0.517. The summed E-state index contributed by atoms with van der Waals surface area (Å²) in [5, 5.41) is 12.7. The number of nitrogens with zero attached hydrogens (tertiary/aromatic N) is 2. The molecule has 0 atom stereocenters. The number of thiophene rings is 1. The van der Waals surface area contributed by atoms with Gasteiger partial charge in [0.15, 0.2) is 5.96 Å². The predicted octanol–water partition coefficient (Wildman–Crippen LogP) is 3.99. The van der Waals surface area contributed by atoms with E-state index in [-0.39, 0.29) is 12.0 Å². The van der Waals surface area contributed by atoms with Crippen molar-refractivity contribution in [3.63, 3.8) is 0 Å². The van der Waals surface area contributed by atoms with Gasteiger partial charge >= 0.3 is 0 Å². The lowest BCUT2D eigenvalue weighted by atomic mass is 9.79. The Balaban J connectivity index is 2.81. The first kappa shape index (κ1) is 20.3. The lowest BCUT2D eigenvalue weighted by Gasteiger charge is -2.30. The number of hydrogen-bond donors (Lipinski definition) is 2. The van der Waals surface area contributed by atoms with Crippen molar-refractivity contribution in [2.45, 2.75) is 46.6 Å². The van der Waals surface area contributed by atoms with Gasteiger partial charge in [0.25, 0.3) is 0 Å². The third-order valence-electron chi connectivity index (χ3n) is 4.42. The average molecular weight is 360 g/mol. The van der Waals surface area contributed by atoms with Gasteiger partial charge in [-0.05, 0) is 43.7 Å². The summed E-state index contributed by atoms with van der Waals surface area (Å²) >= 11 is 7.61. The fraction of sp³-hybridized carbons (Fsp3) is 0.706. The van der Waals surface area contributed by atoms with Gasteiger partial charge in [0.1, 0.15) is 0 Å². The van der Waals surface area contributed by atoms with E-state index in [4.69, 9.17) is 16.6 Å². The van der Waals surface area contributed by atoms with Gasteiger partial charge in [-0.15, -0.1) is 11.3 Å². The molecule has 0 fully saturated rings. The fourth-order valence-corrected chi connectivity index (χ4v) is 3.74. The molecule has 1 aromatic heterocycles. The van der Waals surface area contributed by atoms with Crippen LogP contribution < -0.4 is 5.32 Å². The highest BCUT2D eigenvalue weighted by molar-refractivity contribution is 7.16. The molecule has 1 aromatic rings. The lowest BCUT2D eigenvalue weighted by molar-refractivity contribution is 0.175. The molecule has 0 saturated carbocycles. The summed E-state index contributed by atoms with van der Waals surface area (Å²) in [6, 6.07) is 3.99. The van der Waals surface area contributed by atoms with E-state index in [1.807, 2.05) is 13.1 Å². The van der Waals surface area contributed by atoms with Crippen LogP contribution in [0.15, 0.2) is 17.1 Å².